The fourth-order valence-corrected chi connectivity index (χ4v) is 2.12. The largest absolute Gasteiger partial charge is 0.417 e. The number of alkyl halides is 3. The smallest absolute Gasteiger partial charge is 0.310 e. The third-order valence-electron chi connectivity index (χ3n) is 3.17. The van der Waals surface area contributed by atoms with Gasteiger partial charge >= 0.3 is 6.18 Å². The minimum Gasteiger partial charge on any atom is -0.310 e. The summed E-state index contributed by atoms with van der Waals surface area (Å²) >= 11 is 5.88. The fraction of sp³-hybridized carbons (Fsp3) is 0.385. The molecule has 1 fully saturated rings. The van der Waals surface area contributed by atoms with Crippen LogP contribution in [-0.2, 0) is 12.7 Å². The van der Waals surface area contributed by atoms with Crippen LogP contribution in [0.15, 0.2) is 24.7 Å². The minimum absolute atomic E-state index is 0.0883. The van der Waals surface area contributed by atoms with Gasteiger partial charge in [-0.1, -0.05) is 11.6 Å². The van der Waals surface area contributed by atoms with Crippen molar-refractivity contribution in [3.8, 4) is 5.82 Å². The second-order valence-electron chi connectivity index (χ2n) is 4.98. The van der Waals surface area contributed by atoms with Crippen LogP contribution in [0, 0.1) is 0 Å². The van der Waals surface area contributed by atoms with Gasteiger partial charge in [0.2, 0.25) is 0 Å². The summed E-state index contributed by atoms with van der Waals surface area (Å²) in [5.74, 6) is 0.183. The van der Waals surface area contributed by atoms with E-state index in [1.165, 1.54) is 17.5 Å². The van der Waals surface area contributed by atoms with Crippen LogP contribution in [0.1, 0.15) is 24.0 Å². The van der Waals surface area contributed by atoms with E-state index in [0.29, 0.717) is 12.6 Å². The maximum atomic E-state index is 12.6. The molecule has 1 saturated carbocycles. The van der Waals surface area contributed by atoms with E-state index in [-0.39, 0.29) is 10.8 Å². The predicted molar refractivity (Wildman–Crippen MR) is 71.2 cm³/mol. The normalized spacial score (nSPS) is 15.4. The monoisotopic (exact) mass is 316 g/mol. The number of aromatic nitrogens is 3. The Kier molecular flexibility index (Phi) is 3.62. The topological polar surface area (TPSA) is 42.7 Å². The van der Waals surface area contributed by atoms with Gasteiger partial charge in [-0.05, 0) is 18.9 Å². The lowest BCUT2D eigenvalue weighted by Crippen LogP contribution is -2.14. The summed E-state index contributed by atoms with van der Waals surface area (Å²) in [5, 5.41) is 7.32. The highest BCUT2D eigenvalue weighted by atomic mass is 35.5. The summed E-state index contributed by atoms with van der Waals surface area (Å²) in [4.78, 5) is 3.76. The van der Waals surface area contributed by atoms with Crippen molar-refractivity contribution in [3.63, 3.8) is 0 Å². The number of rotatable bonds is 4. The quantitative estimate of drug-likeness (QED) is 0.942. The van der Waals surface area contributed by atoms with Crippen LogP contribution in [0.3, 0.4) is 0 Å². The molecule has 1 aliphatic carbocycles. The number of hydrogen-bond donors (Lipinski definition) is 1. The molecule has 8 heteroatoms. The Morgan fingerprint density at radius 2 is 2.10 bits per heavy atom. The third-order valence-corrected chi connectivity index (χ3v) is 3.45. The highest BCUT2D eigenvalue weighted by Gasteiger charge is 2.31. The van der Waals surface area contributed by atoms with E-state index in [1.807, 2.05) is 0 Å². The van der Waals surface area contributed by atoms with E-state index in [4.69, 9.17) is 11.6 Å². The molecule has 0 bridgehead atoms. The molecule has 0 atom stereocenters. The average molecular weight is 317 g/mol. The van der Waals surface area contributed by atoms with Gasteiger partial charge < -0.3 is 5.32 Å². The van der Waals surface area contributed by atoms with Gasteiger partial charge in [-0.25, -0.2) is 9.67 Å². The van der Waals surface area contributed by atoms with Gasteiger partial charge in [0, 0.05) is 30.5 Å². The molecule has 0 unspecified atom stereocenters. The number of hydrogen-bond acceptors (Lipinski definition) is 3. The lowest BCUT2D eigenvalue weighted by molar-refractivity contribution is -0.137. The minimum atomic E-state index is -4.46. The molecule has 0 spiro atoms. The molecule has 2 aromatic rings. The first-order valence-electron chi connectivity index (χ1n) is 6.43. The zero-order chi connectivity index (χ0) is 15.0. The molecule has 3 rings (SSSR count). The maximum absolute atomic E-state index is 12.6. The molecule has 0 radical (unpaired) electrons. The first-order valence-corrected chi connectivity index (χ1v) is 6.81. The lowest BCUT2D eigenvalue weighted by Gasteiger charge is -2.08. The molecule has 21 heavy (non-hydrogen) atoms. The van der Waals surface area contributed by atoms with Gasteiger partial charge in [0.15, 0.2) is 5.82 Å². The number of pyridine rings is 1. The molecule has 1 aliphatic rings. The summed E-state index contributed by atoms with van der Waals surface area (Å²) < 4.78 is 39.1. The van der Waals surface area contributed by atoms with Crippen molar-refractivity contribution < 1.29 is 13.2 Å². The van der Waals surface area contributed by atoms with E-state index in [9.17, 15) is 13.2 Å². The van der Waals surface area contributed by atoms with Crippen molar-refractivity contribution in [3.05, 3.63) is 40.8 Å². The molecule has 2 heterocycles. The van der Waals surface area contributed by atoms with Gasteiger partial charge in [-0.2, -0.15) is 18.3 Å². The summed E-state index contributed by atoms with van der Waals surface area (Å²) in [5.41, 5.74) is 0.0543. The average Bonchev–Trinajstić information content (AvgIpc) is 3.13. The molecule has 0 amide bonds. The van der Waals surface area contributed by atoms with Crippen molar-refractivity contribution in [2.24, 2.45) is 0 Å². The van der Waals surface area contributed by atoms with Gasteiger partial charge in [-0.15, -0.1) is 0 Å². The second-order valence-corrected chi connectivity index (χ2v) is 5.38. The standard InChI is InChI=1S/C13H12ClF3N4/c14-11-3-9(13(15,16)17)6-19-12(11)21-7-8(5-20-21)4-18-10-1-2-10/h3,5-7,10,18H,1-2,4H2. The Bertz CT molecular complexity index is 649. The van der Waals surface area contributed by atoms with Crippen LogP contribution in [0.2, 0.25) is 5.02 Å². The van der Waals surface area contributed by atoms with E-state index < -0.39 is 11.7 Å². The summed E-state index contributed by atoms with van der Waals surface area (Å²) in [6.45, 7) is 0.670. The molecule has 0 saturated heterocycles. The SMILES string of the molecule is FC(F)(F)c1cnc(-n2cc(CNC3CC3)cn2)c(Cl)c1. The summed E-state index contributed by atoms with van der Waals surface area (Å²) in [6.07, 6.45) is 2.01. The molecular weight excluding hydrogens is 305 g/mol. The molecule has 2 aromatic heterocycles. The van der Waals surface area contributed by atoms with Gasteiger partial charge in [0.05, 0.1) is 16.8 Å². The van der Waals surface area contributed by atoms with E-state index >= 15 is 0 Å². The summed E-state index contributed by atoms with van der Waals surface area (Å²) in [6, 6.07) is 1.43. The van der Waals surface area contributed by atoms with Crippen LogP contribution in [0.5, 0.6) is 0 Å². The van der Waals surface area contributed by atoms with E-state index in [2.05, 4.69) is 15.4 Å². The van der Waals surface area contributed by atoms with Crippen LogP contribution in [-0.4, -0.2) is 20.8 Å². The molecular formula is C13H12ClF3N4. The molecule has 112 valence electrons. The highest BCUT2D eigenvalue weighted by molar-refractivity contribution is 6.32. The van der Waals surface area contributed by atoms with Crippen LogP contribution in [0.25, 0.3) is 5.82 Å². The number of nitrogens with zero attached hydrogens (tertiary/aromatic N) is 3. The van der Waals surface area contributed by atoms with Gasteiger partial charge in [0.25, 0.3) is 0 Å². The van der Waals surface area contributed by atoms with E-state index in [0.717, 1.165) is 17.8 Å². The maximum Gasteiger partial charge on any atom is 0.417 e. The van der Waals surface area contributed by atoms with E-state index in [1.54, 1.807) is 12.4 Å². The highest BCUT2D eigenvalue weighted by Crippen LogP contribution is 2.31. The van der Waals surface area contributed by atoms with Crippen LogP contribution < -0.4 is 5.32 Å². The van der Waals surface area contributed by atoms with Gasteiger partial charge in [-0.3, -0.25) is 0 Å². The number of halogens is 4. The molecule has 4 nitrogen and oxygen atoms in total. The third kappa shape index (κ3) is 3.36. The van der Waals surface area contributed by atoms with Gasteiger partial charge in [0.1, 0.15) is 0 Å². The lowest BCUT2D eigenvalue weighted by atomic mass is 10.3. The Labute approximate surface area is 123 Å². The van der Waals surface area contributed by atoms with Crippen molar-refractivity contribution in [2.75, 3.05) is 0 Å². The van der Waals surface area contributed by atoms with Crippen molar-refractivity contribution >= 4 is 11.6 Å². The Hall–Kier alpha value is -1.60. The Morgan fingerprint density at radius 1 is 1.33 bits per heavy atom. The molecule has 0 aliphatic heterocycles. The Balaban J connectivity index is 1.79. The predicted octanol–water partition coefficient (Wildman–Crippen LogP) is 3.19. The van der Waals surface area contributed by atoms with Crippen molar-refractivity contribution in [1.29, 1.82) is 0 Å². The zero-order valence-corrected chi connectivity index (χ0v) is 11.6. The first-order chi connectivity index (χ1) is 9.93. The van der Waals surface area contributed by atoms with Crippen LogP contribution >= 0.6 is 11.6 Å². The zero-order valence-electron chi connectivity index (χ0n) is 10.9. The molecule has 1 N–H and O–H groups in total. The second kappa shape index (κ2) is 5.31. The summed E-state index contributed by atoms with van der Waals surface area (Å²) in [7, 11) is 0. The fourth-order valence-electron chi connectivity index (χ4n) is 1.87. The van der Waals surface area contributed by atoms with Crippen molar-refractivity contribution in [1.82, 2.24) is 20.1 Å². The van der Waals surface area contributed by atoms with Crippen molar-refractivity contribution in [2.45, 2.75) is 31.6 Å². The number of nitrogens with one attached hydrogen (secondary N) is 1. The molecule has 0 aromatic carbocycles. The van der Waals surface area contributed by atoms with Crippen LogP contribution in [0.4, 0.5) is 13.2 Å². The first kappa shape index (κ1) is 14.3. The Morgan fingerprint density at radius 3 is 2.71 bits per heavy atom.